The minimum absolute atomic E-state index is 0.248. The third-order valence-electron chi connectivity index (χ3n) is 2.93. The molecule has 0 aromatic heterocycles. The Labute approximate surface area is 104 Å². The van der Waals surface area contributed by atoms with Gasteiger partial charge in [0.2, 0.25) is 0 Å². The van der Waals surface area contributed by atoms with E-state index in [4.69, 9.17) is 0 Å². The van der Waals surface area contributed by atoms with E-state index in [9.17, 15) is 13.2 Å². The second-order valence-electron chi connectivity index (χ2n) is 4.39. The SMILES string of the molecule is Cc1ccc(-c2ccc(C)c(C(F)(F)F)c2)cc1. The van der Waals surface area contributed by atoms with Gasteiger partial charge in [0.25, 0.3) is 0 Å². The Morgan fingerprint density at radius 1 is 0.778 bits per heavy atom. The van der Waals surface area contributed by atoms with Crippen molar-refractivity contribution in [3.05, 3.63) is 59.2 Å². The maximum absolute atomic E-state index is 12.8. The predicted octanol–water partition coefficient (Wildman–Crippen LogP) is 4.99. The van der Waals surface area contributed by atoms with Gasteiger partial charge in [0, 0.05) is 0 Å². The number of benzene rings is 2. The highest BCUT2D eigenvalue weighted by molar-refractivity contribution is 5.65. The molecule has 0 saturated carbocycles. The zero-order chi connectivity index (χ0) is 13.3. The van der Waals surface area contributed by atoms with Gasteiger partial charge in [0.05, 0.1) is 5.56 Å². The fraction of sp³-hybridized carbons (Fsp3) is 0.200. The number of alkyl halides is 3. The fourth-order valence-corrected chi connectivity index (χ4v) is 1.85. The second kappa shape index (κ2) is 4.48. The normalized spacial score (nSPS) is 11.6. The highest BCUT2D eigenvalue weighted by atomic mass is 19.4. The van der Waals surface area contributed by atoms with E-state index in [1.165, 1.54) is 19.1 Å². The summed E-state index contributed by atoms with van der Waals surface area (Å²) in [5.41, 5.74) is 2.15. The molecule has 0 spiro atoms. The summed E-state index contributed by atoms with van der Waals surface area (Å²) in [6.07, 6.45) is -4.30. The Hall–Kier alpha value is -1.77. The summed E-state index contributed by atoms with van der Waals surface area (Å²) >= 11 is 0. The third-order valence-corrected chi connectivity index (χ3v) is 2.93. The minimum Gasteiger partial charge on any atom is -0.166 e. The molecular formula is C15H13F3. The molecule has 0 saturated heterocycles. The van der Waals surface area contributed by atoms with Gasteiger partial charge in [0.1, 0.15) is 0 Å². The molecular weight excluding hydrogens is 237 g/mol. The molecule has 0 amide bonds. The molecule has 2 aromatic rings. The van der Waals surface area contributed by atoms with E-state index in [1.807, 2.05) is 31.2 Å². The molecule has 0 nitrogen and oxygen atoms in total. The molecule has 0 aliphatic carbocycles. The van der Waals surface area contributed by atoms with Crippen LogP contribution in [0.25, 0.3) is 11.1 Å². The summed E-state index contributed by atoms with van der Waals surface area (Å²) in [5, 5.41) is 0. The van der Waals surface area contributed by atoms with E-state index in [2.05, 4.69) is 0 Å². The number of hydrogen-bond acceptors (Lipinski definition) is 0. The summed E-state index contributed by atoms with van der Waals surface area (Å²) < 4.78 is 38.4. The Morgan fingerprint density at radius 2 is 1.33 bits per heavy atom. The average molecular weight is 250 g/mol. The molecule has 18 heavy (non-hydrogen) atoms. The van der Waals surface area contributed by atoms with Gasteiger partial charge in [-0.3, -0.25) is 0 Å². The molecule has 94 valence electrons. The number of hydrogen-bond donors (Lipinski definition) is 0. The zero-order valence-electron chi connectivity index (χ0n) is 10.2. The molecule has 2 rings (SSSR count). The van der Waals surface area contributed by atoms with Crippen molar-refractivity contribution in [2.24, 2.45) is 0 Å². The minimum atomic E-state index is -4.30. The van der Waals surface area contributed by atoms with Crippen LogP contribution in [0.4, 0.5) is 13.2 Å². The highest BCUT2D eigenvalue weighted by Gasteiger charge is 2.32. The number of rotatable bonds is 1. The lowest BCUT2D eigenvalue weighted by molar-refractivity contribution is -0.138. The Bertz CT molecular complexity index is 551. The van der Waals surface area contributed by atoms with E-state index in [0.29, 0.717) is 5.56 Å². The first kappa shape index (κ1) is 12.7. The van der Waals surface area contributed by atoms with Crippen LogP contribution >= 0.6 is 0 Å². The zero-order valence-corrected chi connectivity index (χ0v) is 10.2. The average Bonchev–Trinajstić information content (AvgIpc) is 2.29. The maximum atomic E-state index is 12.8. The van der Waals surface area contributed by atoms with E-state index in [1.54, 1.807) is 6.07 Å². The van der Waals surface area contributed by atoms with E-state index >= 15 is 0 Å². The summed E-state index contributed by atoms with van der Waals surface area (Å²) in [5.74, 6) is 0. The van der Waals surface area contributed by atoms with Crippen LogP contribution in [0, 0.1) is 13.8 Å². The smallest absolute Gasteiger partial charge is 0.166 e. The van der Waals surface area contributed by atoms with E-state index in [-0.39, 0.29) is 5.56 Å². The van der Waals surface area contributed by atoms with Crippen LogP contribution in [-0.4, -0.2) is 0 Å². The molecule has 0 unspecified atom stereocenters. The van der Waals surface area contributed by atoms with Gasteiger partial charge in [-0.15, -0.1) is 0 Å². The number of halogens is 3. The van der Waals surface area contributed by atoms with Crippen LogP contribution in [0.2, 0.25) is 0 Å². The summed E-state index contributed by atoms with van der Waals surface area (Å²) in [6, 6.07) is 11.9. The summed E-state index contributed by atoms with van der Waals surface area (Å²) in [7, 11) is 0. The van der Waals surface area contributed by atoms with E-state index in [0.717, 1.165) is 11.1 Å². The first-order valence-electron chi connectivity index (χ1n) is 5.63. The van der Waals surface area contributed by atoms with Crippen molar-refractivity contribution < 1.29 is 13.2 Å². The monoisotopic (exact) mass is 250 g/mol. The van der Waals surface area contributed by atoms with Crippen LogP contribution in [0.5, 0.6) is 0 Å². The molecule has 0 bridgehead atoms. The second-order valence-corrected chi connectivity index (χ2v) is 4.39. The van der Waals surface area contributed by atoms with Crippen LogP contribution in [0.1, 0.15) is 16.7 Å². The van der Waals surface area contributed by atoms with Gasteiger partial charge in [-0.25, -0.2) is 0 Å². The third kappa shape index (κ3) is 2.55. The van der Waals surface area contributed by atoms with Crippen molar-refractivity contribution in [3.8, 4) is 11.1 Å². The standard InChI is InChI=1S/C15H13F3/c1-10-3-6-12(7-4-10)13-8-5-11(2)14(9-13)15(16,17)18/h3-9H,1-2H3. The van der Waals surface area contributed by atoms with Gasteiger partial charge in [-0.2, -0.15) is 13.2 Å². The molecule has 3 heteroatoms. The Kier molecular flexibility index (Phi) is 3.16. The van der Waals surface area contributed by atoms with Crippen molar-refractivity contribution >= 4 is 0 Å². The predicted molar refractivity (Wildman–Crippen MR) is 66.4 cm³/mol. The first-order valence-corrected chi connectivity index (χ1v) is 5.63. The topological polar surface area (TPSA) is 0 Å². The molecule has 0 fully saturated rings. The van der Waals surface area contributed by atoms with Crippen molar-refractivity contribution in [1.29, 1.82) is 0 Å². The molecule has 0 heterocycles. The van der Waals surface area contributed by atoms with Crippen molar-refractivity contribution in [2.75, 3.05) is 0 Å². The largest absolute Gasteiger partial charge is 0.416 e. The van der Waals surface area contributed by atoms with Crippen LogP contribution in [-0.2, 0) is 6.18 Å². The van der Waals surface area contributed by atoms with Crippen molar-refractivity contribution in [2.45, 2.75) is 20.0 Å². The highest BCUT2D eigenvalue weighted by Crippen LogP contribution is 2.34. The molecule has 0 aliphatic heterocycles. The van der Waals surface area contributed by atoms with Crippen LogP contribution in [0.3, 0.4) is 0 Å². The lowest BCUT2D eigenvalue weighted by atomic mass is 9.99. The van der Waals surface area contributed by atoms with Gasteiger partial charge >= 0.3 is 6.18 Å². The fourth-order valence-electron chi connectivity index (χ4n) is 1.85. The quantitative estimate of drug-likeness (QED) is 0.669. The maximum Gasteiger partial charge on any atom is 0.416 e. The number of aryl methyl sites for hydroxylation is 2. The summed E-state index contributed by atoms with van der Waals surface area (Å²) in [4.78, 5) is 0. The lowest BCUT2D eigenvalue weighted by Gasteiger charge is -2.12. The Balaban J connectivity index is 2.50. The summed E-state index contributed by atoms with van der Waals surface area (Å²) in [6.45, 7) is 3.42. The van der Waals surface area contributed by atoms with Crippen LogP contribution in [0.15, 0.2) is 42.5 Å². The van der Waals surface area contributed by atoms with Gasteiger partial charge < -0.3 is 0 Å². The molecule has 0 aliphatic rings. The first-order chi connectivity index (χ1) is 8.38. The van der Waals surface area contributed by atoms with Gasteiger partial charge in [0.15, 0.2) is 0 Å². The molecule has 0 radical (unpaired) electrons. The molecule has 0 N–H and O–H groups in total. The van der Waals surface area contributed by atoms with Gasteiger partial charge in [-0.05, 0) is 36.6 Å². The van der Waals surface area contributed by atoms with Gasteiger partial charge in [-0.1, -0.05) is 42.0 Å². The molecule has 0 atom stereocenters. The molecule has 2 aromatic carbocycles. The Morgan fingerprint density at radius 3 is 1.89 bits per heavy atom. The lowest BCUT2D eigenvalue weighted by Crippen LogP contribution is -2.07. The van der Waals surface area contributed by atoms with Crippen LogP contribution < -0.4 is 0 Å². The van der Waals surface area contributed by atoms with E-state index < -0.39 is 11.7 Å². The van der Waals surface area contributed by atoms with Crippen molar-refractivity contribution in [3.63, 3.8) is 0 Å². The van der Waals surface area contributed by atoms with Crippen molar-refractivity contribution in [1.82, 2.24) is 0 Å².